The van der Waals surface area contributed by atoms with Crippen LogP contribution in [-0.4, -0.2) is 81.4 Å². The quantitative estimate of drug-likeness (QED) is 0.446. The Kier molecular flexibility index (Phi) is 6.39. The summed E-state index contributed by atoms with van der Waals surface area (Å²) in [4.78, 5) is 26.0. The van der Waals surface area contributed by atoms with E-state index in [9.17, 15) is 4.79 Å². The van der Waals surface area contributed by atoms with Gasteiger partial charge in [-0.1, -0.05) is 12.1 Å². The third-order valence-electron chi connectivity index (χ3n) is 7.03. The molecule has 4 aromatic rings. The molecule has 0 spiro atoms. The first-order valence-corrected chi connectivity index (χ1v) is 13.2. The van der Waals surface area contributed by atoms with Gasteiger partial charge in [0.1, 0.15) is 10.8 Å². The van der Waals surface area contributed by atoms with Crippen LogP contribution < -0.4 is 5.73 Å². The van der Waals surface area contributed by atoms with Crippen molar-refractivity contribution in [2.75, 3.05) is 51.7 Å². The molecule has 0 aliphatic carbocycles. The van der Waals surface area contributed by atoms with Gasteiger partial charge >= 0.3 is 0 Å². The monoisotopic (exact) mass is 503 g/mol. The van der Waals surface area contributed by atoms with E-state index in [2.05, 4.69) is 38.0 Å². The smallest absolute Gasteiger partial charge is 0.236 e. The Balaban J connectivity index is 1.12. The molecule has 0 saturated carbocycles. The highest BCUT2D eigenvalue weighted by Gasteiger charge is 2.25. The lowest BCUT2D eigenvalue weighted by Crippen LogP contribution is -2.47. The van der Waals surface area contributed by atoms with Gasteiger partial charge in [0.25, 0.3) is 0 Å². The number of benzene rings is 1. The maximum absolute atomic E-state index is 12.6. The first kappa shape index (κ1) is 23.1. The Morgan fingerprint density at radius 1 is 1.08 bits per heavy atom. The van der Waals surface area contributed by atoms with E-state index in [1.165, 1.54) is 0 Å². The van der Waals surface area contributed by atoms with E-state index in [-0.39, 0.29) is 5.91 Å². The summed E-state index contributed by atoms with van der Waals surface area (Å²) < 4.78 is 8.54. The topological polar surface area (TPSA) is 102 Å². The number of carbonyl (C=O) groups excluding carboxylic acids is 1. The molecule has 0 bridgehead atoms. The van der Waals surface area contributed by atoms with Crippen molar-refractivity contribution in [3.63, 3.8) is 0 Å². The highest BCUT2D eigenvalue weighted by Crippen LogP contribution is 2.35. The van der Waals surface area contributed by atoms with Crippen LogP contribution in [0.1, 0.15) is 18.9 Å². The minimum Gasteiger partial charge on any atom is -0.383 e. The number of nitrogens with zero attached hydrogens (tertiary/aromatic N) is 6. The van der Waals surface area contributed by atoms with Crippen LogP contribution in [0.2, 0.25) is 0 Å². The largest absolute Gasteiger partial charge is 0.383 e. The highest BCUT2D eigenvalue weighted by atomic mass is 32.1. The van der Waals surface area contributed by atoms with Crippen molar-refractivity contribution in [2.45, 2.75) is 18.9 Å². The van der Waals surface area contributed by atoms with Crippen molar-refractivity contribution in [2.24, 2.45) is 0 Å². The number of nitrogen functional groups attached to an aromatic ring is 1. The van der Waals surface area contributed by atoms with Crippen molar-refractivity contribution in [1.82, 2.24) is 29.5 Å². The maximum atomic E-state index is 12.6. The van der Waals surface area contributed by atoms with Gasteiger partial charge in [0, 0.05) is 49.7 Å². The Bertz CT molecular complexity index is 1340. The SMILES string of the molecule is Nc1ncc(-c2cnn(C3CCN(CC(=O)N4CCOCC4)CC3)c2)cc1-c1nc2ccccc2s1. The number of hydrogen-bond donors (Lipinski definition) is 1. The van der Waals surface area contributed by atoms with Gasteiger partial charge in [-0.25, -0.2) is 9.97 Å². The van der Waals surface area contributed by atoms with Gasteiger partial charge in [0.2, 0.25) is 5.91 Å². The molecule has 6 rings (SSSR count). The number of ether oxygens (including phenoxy) is 1. The molecule has 5 heterocycles. The molecule has 3 aromatic heterocycles. The molecule has 1 aromatic carbocycles. The Morgan fingerprint density at radius 2 is 1.89 bits per heavy atom. The molecule has 2 N–H and O–H groups in total. The Morgan fingerprint density at radius 3 is 2.69 bits per heavy atom. The number of anilines is 1. The third-order valence-corrected chi connectivity index (χ3v) is 8.10. The molecule has 2 aliphatic heterocycles. The standard InChI is InChI=1S/C26H29N7O2S/c27-25-21(26-30-22-3-1-2-4-23(22)36-26)13-18(14-28-25)19-15-29-33(16-19)20-5-7-31(8-6-20)17-24(34)32-9-11-35-12-10-32/h1-4,13-16,20H,5-12,17H2,(H2,27,28). The summed E-state index contributed by atoms with van der Waals surface area (Å²) in [5, 5.41) is 5.54. The zero-order valence-electron chi connectivity index (χ0n) is 20.0. The van der Waals surface area contributed by atoms with Crippen LogP contribution in [0, 0.1) is 0 Å². The number of likely N-dealkylation sites (tertiary alicyclic amines) is 1. The lowest BCUT2D eigenvalue weighted by Gasteiger charge is -2.34. The summed E-state index contributed by atoms with van der Waals surface area (Å²) >= 11 is 1.62. The van der Waals surface area contributed by atoms with Gasteiger partial charge < -0.3 is 15.4 Å². The maximum Gasteiger partial charge on any atom is 0.236 e. The number of amides is 1. The number of para-hydroxylation sites is 1. The second kappa shape index (κ2) is 9.96. The third kappa shape index (κ3) is 4.71. The van der Waals surface area contributed by atoms with Crippen molar-refractivity contribution >= 4 is 33.3 Å². The molecule has 9 nitrogen and oxygen atoms in total. The molecule has 2 aliphatic rings. The van der Waals surface area contributed by atoms with E-state index in [0.717, 1.165) is 57.8 Å². The molecular weight excluding hydrogens is 474 g/mol. The molecule has 1 amide bonds. The van der Waals surface area contributed by atoms with Crippen LogP contribution in [0.15, 0.2) is 48.9 Å². The summed E-state index contributed by atoms with van der Waals surface area (Å²) in [5.41, 5.74) is 10.0. The van der Waals surface area contributed by atoms with Crippen LogP contribution in [0.3, 0.4) is 0 Å². The van der Waals surface area contributed by atoms with Gasteiger partial charge in [-0.3, -0.25) is 14.4 Å². The number of thiazole rings is 1. The van der Waals surface area contributed by atoms with E-state index >= 15 is 0 Å². The molecule has 186 valence electrons. The van der Waals surface area contributed by atoms with Crippen molar-refractivity contribution < 1.29 is 9.53 Å². The minimum absolute atomic E-state index is 0.206. The number of fused-ring (bicyclic) bond motifs is 1. The van der Waals surface area contributed by atoms with E-state index < -0.39 is 0 Å². The summed E-state index contributed by atoms with van der Waals surface area (Å²) in [5.74, 6) is 0.683. The zero-order chi connectivity index (χ0) is 24.5. The van der Waals surface area contributed by atoms with Crippen LogP contribution >= 0.6 is 11.3 Å². The van der Waals surface area contributed by atoms with Crippen LogP contribution in [0.4, 0.5) is 5.82 Å². The number of aromatic nitrogens is 4. The first-order chi connectivity index (χ1) is 17.6. The fraction of sp³-hybridized carbons (Fsp3) is 0.385. The highest BCUT2D eigenvalue weighted by molar-refractivity contribution is 7.21. The molecule has 10 heteroatoms. The van der Waals surface area contributed by atoms with Crippen molar-refractivity contribution in [1.29, 1.82) is 0 Å². The molecule has 36 heavy (non-hydrogen) atoms. The van der Waals surface area contributed by atoms with E-state index in [4.69, 9.17) is 15.5 Å². The van der Waals surface area contributed by atoms with Crippen LogP contribution in [-0.2, 0) is 9.53 Å². The normalized spacial score (nSPS) is 17.6. The lowest BCUT2D eigenvalue weighted by atomic mass is 10.0. The van der Waals surface area contributed by atoms with Gasteiger partial charge in [-0.05, 0) is 31.0 Å². The fourth-order valence-corrected chi connectivity index (χ4v) is 5.92. The number of hydrogen-bond acceptors (Lipinski definition) is 8. The number of morpholine rings is 1. The fourth-order valence-electron chi connectivity index (χ4n) is 4.92. The number of carbonyl (C=O) groups is 1. The summed E-state index contributed by atoms with van der Waals surface area (Å²) in [6.07, 6.45) is 7.72. The second-order valence-corrected chi connectivity index (χ2v) is 10.4. The average Bonchev–Trinajstić information content (AvgIpc) is 3.58. The summed E-state index contributed by atoms with van der Waals surface area (Å²) in [6, 6.07) is 10.5. The first-order valence-electron chi connectivity index (χ1n) is 12.4. The summed E-state index contributed by atoms with van der Waals surface area (Å²) in [7, 11) is 0. The number of nitrogens with two attached hydrogens (primary N) is 1. The predicted octanol–water partition coefficient (Wildman–Crippen LogP) is 3.30. The minimum atomic E-state index is 0.206. The average molecular weight is 504 g/mol. The van der Waals surface area contributed by atoms with Gasteiger partial charge in [0.15, 0.2) is 0 Å². The summed E-state index contributed by atoms with van der Waals surface area (Å²) in [6.45, 7) is 4.95. The number of rotatable bonds is 5. The van der Waals surface area contributed by atoms with Crippen molar-refractivity contribution in [3.05, 3.63) is 48.9 Å². The van der Waals surface area contributed by atoms with Crippen LogP contribution in [0.25, 0.3) is 31.9 Å². The Hall–Kier alpha value is -3.34. The van der Waals surface area contributed by atoms with Gasteiger partial charge in [-0.2, -0.15) is 5.10 Å². The molecular formula is C26H29N7O2S. The number of pyridine rings is 1. The lowest BCUT2D eigenvalue weighted by molar-refractivity contribution is -0.136. The Labute approximate surface area is 213 Å². The molecule has 2 fully saturated rings. The zero-order valence-corrected chi connectivity index (χ0v) is 20.9. The second-order valence-electron chi connectivity index (χ2n) is 9.35. The predicted molar refractivity (Wildman–Crippen MR) is 141 cm³/mol. The van der Waals surface area contributed by atoms with Crippen molar-refractivity contribution in [3.8, 4) is 21.7 Å². The van der Waals surface area contributed by atoms with E-state index in [1.54, 1.807) is 17.5 Å². The van der Waals surface area contributed by atoms with E-state index in [1.807, 2.05) is 29.3 Å². The van der Waals surface area contributed by atoms with Gasteiger partial charge in [-0.15, -0.1) is 11.3 Å². The molecule has 0 unspecified atom stereocenters. The van der Waals surface area contributed by atoms with Gasteiger partial charge in [0.05, 0.1) is 47.8 Å². The van der Waals surface area contributed by atoms with Crippen LogP contribution in [0.5, 0.6) is 0 Å². The molecule has 2 saturated heterocycles. The molecule has 0 radical (unpaired) electrons. The number of piperidine rings is 1. The van der Waals surface area contributed by atoms with E-state index in [0.29, 0.717) is 44.7 Å². The molecule has 0 atom stereocenters.